The molecule has 90 valence electrons. The standard InChI is InChI=1S/C12H14ClN3S/c1-2-12(5-3-6-12)16-9-8-4-7-17-10(8)15-11(13)14-9/h4,7H,2-3,5-6H2,1H3,(H,14,15,16). The zero-order valence-corrected chi connectivity index (χ0v) is 11.2. The molecule has 0 aliphatic heterocycles. The van der Waals surface area contributed by atoms with E-state index < -0.39 is 0 Å². The van der Waals surface area contributed by atoms with Gasteiger partial charge in [-0.25, -0.2) is 9.97 Å². The molecule has 5 heteroatoms. The average molecular weight is 268 g/mol. The fraction of sp³-hybridized carbons (Fsp3) is 0.500. The lowest BCUT2D eigenvalue weighted by atomic mass is 9.75. The molecule has 3 rings (SSSR count). The molecule has 0 bridgehead atoms. The van der Waals surface area contributed by atoms with Crippen LogP contribution < -0.4 is 5.32 Å². The summed E-state index contributed by atoms with van der Waals surface area (Å²) in [4.78, 5) is 9.52. The second kappa shape index (κ2) is 4.10. The van der Waals surface area contributed by atoms with Crippen molar-refractivity contribution in [3.63, 3.8) is 0 Å². The minimum Gasteiger partial charge on any atom is -0.364 e. The van der Waals surface area contributed by atoms with Gasteiger partial charge in [-0.05, 0) is 48.7 Å². The lowest BCUT2D eigenvalue weighted by molar-refractivity contribution is 0.269. The van der Waals surface area contributed by atoms with Crippen molar-refractivity contribution in [2.24, 2.45) is 0 Å². The lowest BCUT2D eigenvalue weighted by Crippen LogP contribution is -2.44. The second-order valence-corrected chi connectivity index (χ2v) is 5.83. The van der Waals surface area contributed by atoms with Crippen LogP contribution in [0.4, 0.5) is 5.82 Å². The summed E-state index contributed by atoms with van der Waals surface area (Å²) < 4.78 is 0. The number of thiophene rings is 1. The van der Waals surface area contributed by atoms with Crippen molar-refractivity contribution in [2.45, 2.75) is 38.1 Å². The van der Waals surface area contributed by atoms with E-state index in [-0.39, 0.29) is 5.54 Å². The highest BCUT2D eigenvalue weighted by atomic mass is 35.5. The molecule has 1 saturated carbocycles. The monoisotopic (exact) mass is 267 g/mol. The third-order valence-corrected chi connectivity index (χ3v) is 4.64. The third-order valence-electron chi connectivity index (χ3n) is 3.67. The van der Waals surface area contributed by atoms with Crippen LogP contribution in [0.3, 0.4) is 0 Å². The summed E-state index contributed by atoms with van der Waals surface area (Å²) in [6.45, 7) is 2.22. The Bertz CT molecular complexity index is 542. The van der Waals surface area contributed by atoms with Crippen molar-refractivity contribution in [2.75, 3.05) is 5.32 Å². The average Bonchev–Trinajstić information content (AvgIpc) is 2.71. The topological polar surface area (TPSA) is 37.8 Å². The van der Waals surface area contributed by atoms with E-state index in [1.165, 1.54) is 19.3 Å². The number of hydrogen-bond acceptors (Lipinski definition) is 4. The van der Waals surface area contributed by atoms with Gasteiger partial charge in [-0.3, -0.25) is 0 Å². The van der Waals surface area contributed by atoms with Gasteiger partial charge in [0.2, 0.25) is 5.28 Å². The van der Waals surface area contributed by atoms with Crippen molar-refractivity contribution in [1.82, 2.24) is 9.97 Å². The van der Waals surface area contributed by atoms with E-state index in [0.717, 1.165) is 22.5 Å². The Morgan fingerprint density at radius 1 is 1.47 bits per heavy atom. The molecule has 17 heavy (non-hydrogen) atoms. The molecule has 1 N–H and O–H groups in total. The summed E-state index contributed by atoms with van der Waals surface area (Å²) in [5, 5.41) is 7.02. The molecule has 1 fully saturated rings. The molecule has 0 amide bonds. The van der Waals surface area contributed by atoms with Gasteiger partial charge >= 0.3 is 0 Å². The van der Waals surface area contributed by atoms with Crippen LogP contribution in [-0.2, 0) is 0 Å². The molecular formula is C12H14ClN3S. The van der Waals surface area contributed by atoms with Gasteiger partial charge in [0.05, 0.1) is 5.39 Å². The van der Waals surface area contributed by atoms with Gasteiger partial charge < -0.3 is 5.32 Å². The number of rotatable bonds is 3. The minimum absolute atomic E-state index is 0.229. The summed E-state index contributed by atoms with van der Waals surface area (Å²) in [6, 6.07) is 2.06. The molecule has 0 aromatic carbocycles. The molecule has 0 saturated heterocycles. The van der Waals surface area contributed by atoms with Crippen LogP contribution in [0.5, 0.6) is 0 Å². The first kappa shape index (κ1) is 11.2. The minimum atomic E-state index is 0.229. The van der Waals surface area contributed by atoms with Crippen molar-refractivity contribution in [1.29, 1.82) is 0 Å². The maximum atomic E-state index is 5.96. The Hall–Kier alpha value is -0.870. The molecule has 0 atom stereocenters. The highest BCUT2D eigenvalue weighted by Gasteiger charge is 2.35. The summed E-state index contributed by atoms with van der Waals surface area (Å²) in [5.41, 5.74) is 0.229. The number of halogens is 1. The predicted octanol–water partition coefficient (Wildman–Crippen LogP) is 4.09. The molecule has 1 aliphatic carbocycles. The highest BCUT2D eigenvalue weighted by molar-refractivity contribution is 7.16. The van der Waals surface area contributed by atoms with Crippen LogP contribution in [0.15, 0.2) is 11.4 Å². The fourth-order valence-corrected chi connectivity index (χ4v) is 3.33. The highest BCUT2D eigenvalue weighted by Crippen LogP contribution is 2.39. The molecule has 2 aromatic rings. The van der Waals surface area contributed by atoms with Crippen molar-refractivity contribution < 1.29 is 0 Å². The number of fused-ring (bicyclic) bond motifs is 1. The molecule has 0 spiro atoms. The van der Waals surface area contributed by atoms with Crippen LogP contribution in [0.25, 0.3) is 10.2 Å². The van der Waals surface area contributed by atoms with Crippen LogP contribution in [0.1, 0.15) is 32.6 Å². The molecule has 1 aliphatic rings. The Balaban J connectivity index is 2.01. The van der Waals surface area contributed by atoms with Gasteiger partial charge in [-0.15, -0.1) is 11.3 Å². The van der Waals surface area contributed by atoms with E-state index in [0.29, 0.717) is 5.28 Å². The van der Waals surface area contributed by atoms with E-state index in [1.807, 2.05) is 5.38 Å². The van der Waals surface area contributed by atoms with Crippen LogP contribution in [-0.4, -0.2) is 15.5 Å². The van der Waals surface area contributed by atoms with E-state index in [4.69, 9.17) is 11.6 Å². The number of nitrogens with zero attached hydrogens (tertiary/aromatic N) is 2. The molecule has 2 heterocycles. The maximum absolute atomic E-state index is 5.96. The summed E-state index contributed by atoms with van der Waals surface area (Å²) in [5.74, 6) is 0.891. The van der Waals surface area contributed by atoms with E-state index in [1.54, 1.807) is 11.3 Å². The Morgan fingerprint density at radius 3 is 2.94 bits per heavy atom. The van der Waals surface area contributed by atoms with Gasteiger partial charge in [0, 0.05) is 5.54 Å². The molecule has 3 nitrogen and oxygen atoms in total. The van der Waals surface area contributed by atoms with E-state index in [2.05, 4.69) is 28.3 Å². The predicted molar refractivity (Wildman–Crippen MR) is 72.9 cm³/mol. The van der Waals surface area contributed by atoms with E-state index >= 15 is 0 Å². The number of anilines is 1. The fourth-order valence-electron chi connectivity index (χ4n) is 2.35. The molecule has 0 radical (unpaired) electrons. The summed E-state index contributed by atoms with van der Waals surface area (Å²) in [6.07, 6.45) is 4.86. The molecule has 2 aromatic heterocycles. The Labute approximate surface area is 109 Å². The largest absolute Gasteiger partial charge is 0.364 e. The first-order valence-electron chi connectivity index (χ1n) is 5.91. The zero-order valence-electron chi connectivity index (χ0n) is 9.66. The quantitative estimate of drug-likeness (QED) is 0.851. The molecular weight excluding hydrogens is 254 g/mol. The van der Waals surface area contributed by atoms with Crippen molar-refractivity contribution in [3.05, 3.63) is 16.7 Å². The van der Waals surface area contributed by atoms with Gasteiger partial charge in [0.25, 0.3) is 0 Å². The van der Waals surface area contributed by atoms with Gasteiger partial charge in [-0.1, -0.05) is 6.92 Å². The summed E-state index contributed by atoms with van der Waals surface area (Å²) in [7, 11) is 0. The van der Waals surface area contributed by atoms with Crippen molar-refractivity contribution in [3.8, 4) is 0 Å². The maximum Gasteiger partial charge on any atom is 0.225 e. The summed E-state index contributed by atoms with van der Waals surface area (Å²) >= 11 is 7.56. The van der Waals surface area contributed by atoms with Gasteiger partial charge in [-0.2, -0.15) is 0 Å². The van der Waals surface area contributed by atoms with E-state index in [9.17, 15) is 0 Å². The van der Waals surface area contributed by atoms with Gasteiger partial charge in [0.15, 0.2) is 0 Å². The first-order valence-corrected chi connectivity index (χ1v) is 7.17. The zero-order chi connectivity index (χ0) is 11.9. The van der Waals surface area contributed by atoms with Crippen LogP contribution in [0, 0.1) is 0 Å². The number of nitrogens with one attached hydrogen (secondary N) is 1. The second-order valence-electron chi connectivity index (χ2n) is 4.59. The van der Waals surface area contributed by atoms with Crippen molar-refractivity contribution >= 4 is 39.0 Å². The van der Waals surface area contributed by atoms with Gasteiger partial charge in [0.1, 0.15) is 10.6 Å². The molecule has 0 unspecified atom stereocenters. The van der Waals surface area contributed by atoms with Crippen LogP contribution >= 0.6 is 22.9 Å². The number of aromatic nitrogens is 2. The first-order chi connectivity index (χ1) is 8.22. The number of hydrogen-bond donors (Lipinski definition) is 1. The lowest BCUT2D eigenvalue weighted by Gasteiger charge is -2.42. The third kappa shape index (κ3) is 1.89. The smallest absolute Gasteiger partial charge is 0.225 e. The SMILES string of the molecule is CCC1(Nc2nc(Cl)nc3sccc23)CCC1. The van der Waals surface area contributed by atoms with Crippen LogP contribution in [0.2, 0.25) is 5.28 Å². The Kier molecular flexibility index (Phi) is 2.71. The normalized spacial score (nSPS) is 18.0. The Morgan fingerprint density at radius 2 is 2.29 bits per heavy atom.